The summed E-state index contributed by atoms with van der Waals surface area (Å²) in [6.07, 6.45) is -0.347. The third kappa shape index (κ3) is 30.7. The minimum atomic E-state index is -1.81. The highest BCUT2D eigenvalue weighted by Gasteiger charge is 2.01. The summed E-state index contributed by atoms with van der Waals surface area (Å²) in [6, 6.07) is 0. The van der Waals surface area contributed by atoms with E-state index in [9.17, 15) is 9.59 Å². The lowest BCUT2D eigenvalue weighted by molar-refractivity contribution is 0.0802. The van der Waals surface area contributed by atoms with Gasteiger partial charge in [0.1, 0.15) is 0 Å². The van der Waals surface area contributed by atoms with Crippen molar-refractivity contribution in [3.05, 3.63) is 25.3 Å². The molecule has 0 atom stereocenters. The van der Waals surface area contributed by atoms with Gasteiger partial charge in [0.2, 0.25) is 0 Å². The SMILES string of the molecule is C=CC=C.O=C(O)OC(=O)O. The Labute approximate surface area is 63.2 Å². The van der Waals surface area contributed by atoms with Crippen LogP contribution in [0.3, 0.4) is 0 Å². The van der Waals surface area contributed by atoms with Gasteiger partial charge in [-0.1, -0.05) is 25.3 Å². The van der Waals surface area contributed by atoms with Crippen molar-refractivity contribution < 1.29 is 24.5 Å². The van der Waals surface area contributed by atoms with Crippen LogP contribution < -0.4 is 0 Å². The van der Waals surface area contributed by atoms with E-state index in [1.807, 2.05) is 0 Å². The van der Waals surface area contributed by atoms with Crippen LogP contribution in [0.5, 0.6) is 0 Å². The maximum Gasteiger partial charge on any atom is 0.516 e. The Bertz CT molecular complexity index is 142. The topological polar surface area (TPSA) is 83.8 Å². The third-order valence-corrected chi connectivity index (χ3v) is 0.341. The molecule has 0 amide bonds. The average Bonchev–Trinajstić information content (AvgIpc) is 1.85. The molecule has 0 unspecified atom stereocenters. The molecule has 0 aromatic carbocycles. The lowest BCUT2D eigenvalue weighted by atomic mass is 10.6. The molecule has 0 aliphatic carbocycles. The molecular formula is C6H8O5. The number of carboxylic acid groups (broad SMARTS) is 2. The zero-order valence-corrected chi connectivity index (χ0v) is 5.69. The predicted molar refractivity (Wildman–Crippen MR) is 37.5 cm³/mol. The molecule has 62 valence electrons. The fourth-order valence-corrected chi connectivity index (χ4v) is 0.0747. The monoisotopic (exact) mass is 160 g/mol. The van der Waals surface area contributed by atoms with E-state index >= 15 is 0 Å². The standard InChI is InChI=1S/C4H6.C2H2O5/c1-3-4-2;3-1(4)7-2(5)6/h3-4H,1-2H2;(H,3,4)(H,5,6). The Morgan fingerprint density at radius 1 is 1.09 bits per heavy atom. The Morgan fingerprint density at radius 3 is 1.36 bits per heavy atom. The van der Waals surface area contributed by atoms with Gasteiger partial charge in [0, 0.05) is 0 Å². The molecule has 0 aromatic heterocycles. The summed E-state index contributed by atoms with van der Waals surface area (Å²) in [6.45, 7) is 6.72. The minimum Gasteiger partial charge on any atom is -0.449 e. The quantitative estimate of drug-likeness (QED) is 0.346. The van der Waals surface area contributed by atoms with Crippen molar-refractivity contribution in [1.29, 1.82) is 0 Å². The molecule has 0 rings (SSSR count). The van der Waals surface area contributed by atoms with E-state index in [-0.39, 0.29) is 0 Å². The number of rotatable bonds is 1. The van der Waals surface area contributed by atoms with E-state index in [0.717, 1.165) is 0 Å². The second kappa shape index (κ2) is 8.22. The van der Waals surface area contributed by atoms with Crippen molar-refractivity contribution in [2.75, 3.05) is 0 Å². The molecule has 5 heteroatoms. The van der Waals surface area contributed by atoms with Gasteiger partial charge in [-0.25, -0.2) is 9.59 Å². The van der Waals surface area contributed by atoms with Gasteiger partial charge in [-0.3, -0.25) is 0 Å². The predicted octanol–water partition coefficient (Wildman–Crippen LogP) is 1.72. The van der Waals surface area contributed by atoms with Crippen molar-refractivity contribution >= 4 is 12.3 Å². The summed E-state index contributed by atoms with van der Waals surface area (Å²) < 4.78 is 3.08. The van der Waals surface area contributed by atoms with Crippen LogP contribution in [0, 0.1) is 0 Å². The maximum absolute atomic E-state index is 9.21. The first-order valence-electron chi connectivity index (χ1n) is 2.41. The number of allylic oxidation sites excluding steroid dienone is 2. The smallest absolute Gasteiger partial charge is 0.449 e. The zero-order chi connectivity index (χ0) is 9.28. The van der Waals surface area contributed by atoms with Gasteiger partial charge in [-0.15, -0.1) is 0 Å². The molecule has 0 spiro atoms. The lowest BCUT2D eigenvalue weighted by Gasteiger charge is -1.84. The number of carbonyl (C=O) groups is 2. The zero-order valence-electron chi connectivity index (χ0n) is 5.69. The Kier molecular flexibility index (Phi) is 8.93. The average molecular weight is 160 g/mol. The molecule has 0 aliphatic heterocycles. The van der Waals surface area contributed by atoms with Crippen LogP contribution in [0.1, 0.15) is 0 Å². The Balaban J connectivity index is 0. The molecule has 0 radical (unpaired) electrons. The summed E-state index contributed by atoms with van der Waals surface area (Å²) in [5.74, 6) is 0. The minimum absolute atomic E-state index is 1.64. The molecule has 2 N–H and O–H groups in total. The van der Waals surface area contributed by atoms with Crippen LogP contribution in [0.2, 0.25) is 0 Å². The fraction of sp³-hybridized carbons (Fsp3) is 0. The van der Waals surface area contributed by atoms with Crippen LogP contribution in [0.4, 0.5) is 9.59 Å². The van der Waals surface area contributed by atoms with Crippen molar-refractivity contribution in [3.8, 4) is 0 Å². The van der Waals surface area contributed by atoms with E-state index < -0.39 is 12.3 Å². The molecule has 0 aliphatic rings. The summed E-state index contributed by atoms with van der Waals surface area (Å²) in [4.78, 5) is 18.4. The van der Waals surface area contributed by atoms with Crippen molar-refractivity contribution in [2.24, 2.45) is 0 Å². The molecule has 0 bridgehead atoms. The van der Waals surface area contributed by atoms with Crippen LogP contribution in [0.15, 0.2) is 25.3 Å². The van der Waals surface area contributed by atoms with Crippen LogP contribution in [-0.4, -0.2) is 22.5 Å². The Morgan fingerprint density at radius 2 is 1.36 bits per heavy atom. The van der Waals surface area contributed by atoms with Gasteiger partial charge >= 0.3 is 12.3 Å². The molecule has 0 aromatic rings. The molecule has 0 saturated carbocycles. The normalized spacial score (nSPS) is 6.55. The summed E-state index contributed by atoms with van der Waals surface area (Å²) in [7, 11) is 0. The largest absolute Gasteiger partial charge is 0.516 e. The first-order chi connectivity index (χ1) is 5.04. The number of hydrogen-bond acceptors (Lipinski definition) is 3. The third-order valence-electron chi connectivity index (χ3n) is 0.341. The molecule has 0 heterocycles. The number of hydrogen-bond donors (Lipinski definition) is 2. The molecule has 11 heavy (non-hydrogen) atoms. The van der Waals surface area contributed by atoms with Gasteiger partial charge in [-0.2, -0.15) is 0 Å². The lowest BCUT2D eigenvalue weighted by Crippen LogP contribution is -2.05. The van der Waals surface area contributed by atoms with Crippen molar-refractivity contribution in [2.45, 2.75) is 0 Å². The van der Waals surface area contributed by atoms with E-state index in [0.29, 0.717) is 0 Å². The summed E-state index contributed by atoms with van der Waals surface area (Å²) in [5, 5.41) is 15.0. The maximum atomic E-state index is 9.21. The van der Waals surface area contributed by atoms with Crippen LogP contribution in [0.25, 0.3) is 0 Å². The van der Waals surface area contributed by atoms with Gasteiger partial charge in [0.25, 0.3) is 0 Å². The highest BCUT2D eigenvalue weighted by Crippen LogP contribution is 1.73. The highest BCUT2D eigenvalue weighted by atomic mass is 16.7. The second-order valence-corrected chi connectivity index (χ2v) is 1.11. The van der Waals surface area contributed by atoms with E-state index in [2.05, 4.69) is 17.9 Å². The fourth-order valence-electron chi connectivity index (χ4n) is 0.0747. The van der Waals surface area contributed by atoms with E-state index in [1.54, 1.807) is 12.2 Å². The molecule has 0 fully saturated rings. The molecule has 5 nitrogen and oxygen atoms in total. The van der Waals surface area contributed by atoms with Gasteiger partial charge in [0.05, 0.1) is 0 Å². The molecule has 0 saturated heterocycles. The van der Waals surface area contributed by atoms with Gasteiger partial charge < -0.3 is 14.9 Å². The van der Waals surface area contributed by atoms with Crippen molar-refractivity contribution in [3.63, 3.8) is 0 Å². The first kappa shape index (κ1) is 12.0. The van der Waals surface area contributed by atoms with Crippen molar-refractivity contribution in [1.82, 2.24) is 0 Å². The summed E-state index contributed by atoms with van der Waals surface area (Å²) >= 11 is 0. The van der Waals surface area contributed by atoms with Gasteiger partial charge in [0.15, 0.2) is 0 Å². The van der Waals surface area contributed by atoms with Crippen LogP contribution >= 0.6 is 0 Å². The molecular weight excluding hydrogens is 152 g/mol. The summed E-state index contributed by atoms with van der Waals surface area (Å²) in [5.41, 5.74) is 0. The van der Waals surface area contributed by atoms with Crippen LogP contribution in [-0.2, 0) is 4.74 Å². The Hall–Kier alpha value is -1.78. The highest BCUT2D eigenvalue weighted by molar-refractivity contribution is 5.74. The number of ether oxygens (including phenoxy) is 1. The first-order valence-corrected chi connectivity index (χ1v) is 2.41. The second-order valence-electron chi connectivity index (χ2n) is 1.11. The van der Waals surface area contributed by atoms with E-state index in [4.69, 9.17) is 10.2 Å². The van der Waals surface area contributed by atoms with Gasteiger partial charge in [-0.05, 0) is 0 Å². The van der Waals surface area contributed by atoms with E-state index in [1.165, 1.54) is 0 Å².